The first kappa shape index (κ1) is 18.6. The second-order valence-electron chi connectivity index (χ2n) is 4.59. The van der Waals surface area contributed by atoms with Crippen molar-refractivity contribution >= 4 is 18.0 Å². The fourth-order valence-electron chi connectivity index (χ4n) is 1.64. The van der Waals surface area contributed by atoms with Gasteiger partial charge in [0.15, 0.2) is 17.7 Å². The fraction of sp³-hybridized carbons (Fsp3) is 0.375. The first-order valence-corrected chi connectivity index (χ1v) is 6.96. The van der Waals surface area contributed by atoms with Crippen LogP contribution in [-0.4, -0.2) is 45.4 Å². The Kier molecular flexibility index (Phi) is 7.76. The van der Waals surface area contributed by atoms with Crippen molar-refractivity contribution in [3.63, 3.8) is 0 Å². The molecule has 0 radical (unpaired) electrons. The van der Waals surface area contributed by atoms with Crippen molar-refractivity contribution in [2.75, 3.05) is 27.4 Å². The summed E-state index contributed by atoms with van der Waals surface area (Å²) >= 11 is 0. The second-order valence-corrected chi connectivity index (χ2v) is 4.59. The molecule has 6 nitrogen and oxygen atoms in total. The van der Waals surface area contributed by atoms with Gasteiger partial charge in [0.05, 0.1) is 13.7 Å². The average Bonchev–Trinajstić information content (AvgIpc) is 2.53. The van der Waals surface area contributed by atoms with Crippen molar-refractivity contribution in [1.29, 1.82) is 0 Å². The second kappa shape index (κ2) is 9.58. The third-order valence-electron chi connectivity index (χ3n) is 2.86. The maximum absolute atomic E-state index is 13.5. The van der Waals surface area contributed by atoms with Crippen LogP contribution in [0, 0.1) is 5.82 Å². The van der Waals surface area contributed by atoms with Gasteiger partial charge in [0.2, 0.25) is 0 Å². The van der Waals surface area contributed by atoms with Crippen molar-refractivity contribution in [3.8, 4) is 5.75 Å². The summed E-state index contributed by atoms with van der Waals surface area (Å²) in [5.74, 6) is -1.53. The summed E-state index contributed by atoms with van der Waals surface area (Å²) in [5, 5.41) is 2.55. The van der Waals surface area contributed by atoms with Crippen LogP contribution in [0.2, 0.25) is 0 Å². The maximum Gasteiger partial charge on any atom is 0.331 e. The molecule has 0 saturated carbocycles. The molecule has 1 rings (SSSR count). The van der Waals surface area contributed by atoms with Gasteiger partial charge in [-0.15, -0.1) is 0 Å². The van der Waals surface area contributed by atoms with Crippen molar-refractivity contribution in [2.45, 2.75) is 13.0 Å². The molecule has 1 atom stereocenters. The van der Waals surface area contributed by atoms with E-state index in [1.807, 2.05) is 0 Å². The number of hydrogen-bond donors (Lipinski definition) is 1. The number of amides is 1. The van der Waals surface area contributed by atoms with Crippen LogP contribution in [0.3, 0.4) is 0 Å². The molecule has 0 bridgehead atoms. The van der Waals surface area contributed by atoms with Crippen LogP contribution in [0.5, 0.6) is 5.75 Å². The van der Waals surface area contributed by atoms with Gasteiger partial charge in [0.25, 0.3) is 5.91 Å². The van der Waals surface area contributed by atoms with E-state index in [2.05, 4.69) is 5.32 Å². The van der Waals surface area contributed by atoms with Gasteiger partial charge >= 0.3 is 5.97 Å². The predicted octanol–water partition coefficient (Wildman–Crippen LogP) is 1.54. The minimum absolute atomic E-state index is 0.117. The Morgan fingerprint density at radius 2 is 2.09 bits per heavy atom. The summed E-state index contributed by atoms with van der Waals surface area (Å²) in [6.45, 7) is 2.16. The Hall–Kier alpha value is -2.41. The summed E-state index contributed by atoms with van der Waals surface area (Å²) in [7, 11) is 2.88. The molecule has 7 heteroatoms. The number of ether oxygens (including phenoxy) is 3. The maximum atomic E-state index is 13.5. The molecule has 1 N–H and O–H groups in total. The minimum atomic E-state index is -0.934. The summed E-state index contributed by atoms with van der Waals surface area (Å²) in [4.78, 5) is 23.2. The monoisotopic (exact) mass is 325 g/mol. The molecule has 0 heterocycles. The van der Waals surface area contributed by atoms with E-state index >= 15 is 0 Å². The Bertz CT molecular complexity index is 574. The molecule has 0 spiro atoms. The largest absolute Gasteiger partial charge is 0.494 e. The van der Waals surface area contributed by atoms with E-state index in [1.54, 1.807) is 6.07 Å². The minimum Gasteiger partial charge on any atom is -0.494 e. The zero-order chi connectivity index (χ0) is 17.2. The molecule has 0 aliphatic rings. The van der Waals surface area contributed by atoms with E-state index in [9.17, 15) is 14.0 Å². The van der Waals surface area contributed by atoms with Gasteiger partial charge in [-0.2, -0.15) is 0 Å². The van der Waals surface area contributed by atoms with Gasteiger partial charge in [0, 0.05) is 19.7 Å². The Balaban J connectivity index is 2.52. The molecule has 0 unspecified atom stereocenters. The smallest absolute Gasteiger partial charge is 0.331 e. The molecule has 0 aliphatic carbocycles. The van der Waals surface area contributed by atoms with Crippen LogP contribution in [0.1, 0.15) is 12.5 Å². The van der Waals surface area contributed by atoms with Crippen LogP contribution in [0.4, 0.5) is 4.39 Å². The van der Waals surface area contributed by atoms with E-state index in [-0.39, 0.29) is 5.75 Å². The Morgan fingerprint density at radius 1 is 1.35 bits per heavy atom. The van der Waals surface area contributed by atoms with Crippen LogP contribution < -0.4 is 10.1 Å². The number of carbonyl (C=O) groups is 2. The first-order chi connectivity index (χ1) is 11.0. The molecule has 0 fully saturated rings. The van der Waals surface area contributed by atoms with Crippen molar-refractivity contribution < 1.29 is 28.2 Å². The molecular weight excluding hydrogens is 305 g/mol. The van der Waals surface area contributed by atoms with Crippen LogP contribution in [0.15, 0.2) is 24.3 Å². The number of esters is 1. The molecular formula is C16H20FNO5. The number of nitrogens with one attached hydrogen (secondary N) is 1. The molecule has 1 aromatic carbocycles. The van der Waals surface area contributed by atoms with Crippen LogP contribution in [0.25, 0.3) is 6.08 Å². The summed E-state index contributed by atoms with van der Waals surface area (Å²) < 4.78 is 28.0. The van der Waals surface area contributed by atoms with E-state index in [4.69, 9.17) is 14.2 Å². The van der Waals surface area contributed by atoms with Crippen molar-refractivity contribution in [1.82, 2.24) is 5.32 Å². The highest BCUT2D eigenvalue weighted by Gasteiger charge is 2.15. The number of halogens is 1. The Labute approximate surface area is 134 Å². The van der Waals surface area contributed by atoms with Gasteiger partial charge in [-0.05, 0) is 30.7 Å². The van der Waals surface area contributed by atoms with E-state index in [0.29, 0.717) is 18.7 Å². The van der Waals surface area contributed by atoms with Gasteiger partial charge in [0.1, 0.15) is 0 Å². The van der Waals surface area contributed by atoms with Crippen molar-refractivity contribution in [3.05, 3.63) is 35.7 Å². The number of rotatable bonds is 8. The zero-order valence-corrected chi connectivity index (χ0v) is 13.3. The SMILES string of the molecule is COCCNC(=O)[C@@H](C)OC(=O)/C=C/c1ccc(OC)c(F)c1. The summed E-state index contributed by atoms with van der Waals surface area (Å²) in [5.41, 5.74) is 0.470. The molecule has 1 amide bonds. The van der Waals surface area contributed by atoms with Gasteiger partial charge in [-0.1, -0.05) is 6.07 Å². The zero-order valence-electron chi connectivity index (χ0n) is 13.3. The molecule has 0 aromatic heterocycles. The Morgan fingerprint density at radius 3 is 2.70 bits per heavy atom. The van der Waals surface area contributed by atoms with E-state index in [0.717, 1.165) is 6.08 Å². The standard InChI is InChI=1S/C16H20FNO5/c1-11(16(20)18-8-9-21-2)23-15(19)7-5-12-4-6-14(22-3)13(17)10-12/h4-7,10-11H,8-9H2,1-3H3,(H,18,20)/b7-5+/t11-/m1/s1. The number of methoxy groups -OCH3 is 2. The number of benzene rings is 1. The third-order valence-corrected chi connectivity index (χ3v) is 2.86. The van der Waals surface area contributed by atoms with Gasteiger partial charge in [-0.25, -0.2) is 9.18 Å². The highest BCUT2D eigenvalue weighted by molar-refractivity contribution is 5.90. The lowest BCUT2D eigenvalue weighted by molar-refractivity contribution is -0.150. The fourth-order valence-corrected chi connectivity index (χ4v) is 1.64. The van der Waals surface area contributed by atoms with E-state index in [1.165, 1.54) is 39.4 Å². The lowest BCUT2D eigenvalue weighted by atomic mass is 10.2. The van der Waals surface area contributed by atoms with Crippen molar-refractivity contribution in [2.24, 2.45) is 0 Å². The third kappa shape index (κ3) is 6.48. The van der Waals surface area contributed by atoms with E-state index < -0.39 is 23.8 Å². The lowest BCUT2D eigenvalue weighted by Gasteiger charge is -2.11. The number of carbonyl (C=O) groups excluding carboxylic acids is 2. The normalized spacial score (nSPS) is 12.0. The van der Waals surface area contributed by atoms with Crippen LogP contribution in [-0.2, 0) is 19.1 Å². The lowest BCUT2D eigenvalue weighted by Crippen LogP contribution is -2.37. The van der Waals surface area contributed by atoms with Gasteiger partial charge in [-0.3, -0.25) is 4.79 Å². The first-order valence-electron chi connectivity index (χ1n) is 6.96. The quantitative estimate of drug-likeness (QED) is 0.446. The molecule has 23 heavy (non-hydrogen) atoms. The predicted molar refractivity (Wildman–Crippen MR) is 82.4 cm³/mol. The highest BCUT2D eigenvalue weighted by Crippen LogP contribution is 2.18. The molecule has 126 valence electrons. The molecule has 1 aromatic rings. The van der Waals surface area contributed by atoms with Crippen LogP contribution >= 0.6 is 0 Å². The highest BCUT2D eigenvalue weighted by atomic mass is 19.1. The molecule has 0 aliphatic heterocycles. The summed E-state index contributed by atoms with van der Waals surface area (Å²) in [6.07, 6.45) is 1.58. The topological polar surface area (TPSA) is 73.9 Å². The molecule has 0 saturated heterocycles. The average molecular weight is 325 g/mol. The number of hydrogen-bond acceptors (Lipinski definition) is 5. The summed E-state index contributed by atoms with van der Waals surface area (Å²) in [6, 6.07) is 4.27. The van der Waals surface area contributed by atoms with Gasteiger partial charge < -0.3 is 19.5 Å².